The van der Waals surface area contributed by atoms with Gasteiger partial charge in [0, 0.05) is 0 Å². The molecular weight excluding hydrogens is 301 g/mol. The van der Waals surface area contributed by atoms with E-state index in [-0.39, 0.29) is 0 Å². The minimum atomic E-state index is -3.43. The molecule has 0 saturated carbocycles. The Balaban J connectivity index is 3.04. The van der Waals surface area contributed by atoms with Crippen LogP contribution in [-0.2, 0) is 3.07 Å². The van der Waals surface area contributed by atoms with Crippen LogP contribution < -0.4 is 0 Å². The van der Waals surface area contributed by atoms with Crippen molar-refractivity contribution in [3.63, 3.8) is 0 Å². The molecule has 0 amide bonds. The summed E-state index contributed by atoms with van der Waals surface area (Å²) in [7, 11) is 16.6. The Morgan fingerprint density at radius 3 is 2.20 bits per heavy atom. The zero-order valence-electron chi connectivity index (χ0n) is 5.87. The van der Waals surface area contributed by atoms with E-state index >= 15 is 0 Å². The number of halogens is 3. The number of hydrogen-bond donors (Lipinski definition) is 0. The molecule has 0 radical (unpaired) electrons. The van der Waals surface area contributed by atoms with Gasteiger partial charge in [-0.1, -0.05) is 0 Å². The molecule has 0 heterocycles. The number of rotatable bonds is 5. The first-order valence-corrected chi connectivity index (χ1v) is 15.3. The van der Waals surface area contributed by atoms with Crippen molar-refractivity contribution in [2.75, 3.05) is 6.61 Å². The third kappa shape index (κ3) is 9.63. The summed E-state index contributed by atoms with van der Waals surface area (Å²) < 4.78 is 5.04. The molecule has 5 heteroatoms. The second-order valence-corrected chi connectivity index (χ2v) is 20.0. The Morgan fingerprint density at radius 1 is 1.20 bits per heavy atom. The molecule has 0 spiro atoms. The average Bonchev–Trinajstić information content (AvgIpc) is 1.78. The van der Waals surface area contributed by atoms with Gasteiger partial charge in [0.15, 0.2) is 0 Å². The summed E-state index contributed by atoms with van der Waals surface area (Å²) in [6.45, 7) is 2.74. The van der Waals surface area contributed by atoms with E-state index in [1.54, 1.807) is 0 Å². The predicted molar refractivity (Wildman–Crippen MR) is 48.8 cm³/mol. The standard InChI is InChI=1S/C5H11O.3ClH.Sn/c1-2-3-4-5-6;;;;/h2-5H2,1H3;3*1H;/q-1;;;;+4/p-3. The van der Waals surface area contributed by atoms with E-state index in [0.717, 1.165) is 12.8 Å². The van der Waals surface area contributed by atoms with Crippen molar-refractivity contribution < 1.29 is 3.07 Å². The predicted octanol–water partition coefficient (Wildman–Crippen LogP) is 3.35. The SMILES string of the molecule is CCCCC[O][Sn]([Cl])([Cl])[Cl]. The summed E-state index contributed by atoms with van der Waals surface area (Å²) in [6.07, 6.45) is 3.31. The van der Waals surface area contributed by atoms with Gasteiger partial charge in [-0.25, -0.2) is 0 Å². The van der Waals surface area contributed by atoms with Crippen LogP contribution in [0.5, 0.6) is 0 Å². The second-order valence-electron chi connectivity index (χ2n) is 2.00. The molecule has 0 unspecified atom stereocenters. The van der Waals surface area contributed by atoms with Gasteiger partial charge in [0.25, 0.3) is 0 Å². The van der Waals surface area contributed by atoms with Crippen molar-refractivity contribution in [2.45, 2.75) is 26.2 Å². The molecule has 0 N–H and O–H groups in total. The van der Waals surface area contributed by atoms with Crippen molar-refractivity contribution >= 4 is 42.2 Å². The van der Waals surface area contributed by atoms with Gasteiger partial charge in [0.2, 0.25) is 0 Å². The average molecular weight is 312 g/mol. The molecule has 0 fully saturated rings. The second kappa shape index (κ2) is 6.18. The Hall–Kier alpha value is 1.63. The molecule has 0 aromatic heterocycles. The van der Waals surface area contributed by atoms with E-state index in [1.165, 1.54) is 6.42 Å². The fourth-order valence-electron chi connectivity index (χ4n) is 0.540. The van der Waals surface area contributed by atoms with Gasteiger partial charge in [-0.3, -0.25) is 0 Å². The van der Waals surface area contributed by atoms with E-state index in [4.69, 9.17) is 29.8 Å². The minimum absolute atomic E-state index is 0.612. The van der Waals surface area contributed by atoms with Crippen LogP contribution >= 0.6 is 26.8 Å². The molecule has 0 aliphatic rings. The fraction of sp³-hybridized carbons (Fsp3) is 1.00. The Kier molecular flexibility index (Phi) is 7.19. The molecule has 0 aliphatic carbocycles. The van der Waals surface area contributed by atoms with Crippen molar-refractivity contribution in [1.82, 2.24) is 0 Å². The van der Waals surface area contributed by atoms with E-state index in [9.17, 15) is 0 Å². The molecular formula is C5H11Cl3OSn. The molecule has 0 aromatic carbocycles. The topological polar surface area (TPSA) is 9.23 Å². The molecule has 0 aliphatic heterocycles. The third-order valence-electron chi connectivity index (χ3n) is 1.01. The normalized spacial score (nSPS) is 12.0. The first-order chi connectivity index (χ1) is 4.56. The fourth-order valence-corrected chi connectivity index (χ4v) is 3.17. The monoisotopic (exact) mass is 312 g/mol. The molecule has 0 bridgehead atoms. The number of unbranched alkanes of at least 4 members (excludes halogenated alkanes) is 2. The van der Waals surface area contributed by atoms with Crippen LogP contribution in [0.3, 0.4) is 0 Å². The van der Waals surface area contributed by atoms with Crippen molar-refractivity contribution in [2.24, 2.45) is 0 Å². The van der Waals surface area contributed by atoms with Crippen LogP contribution in [0.25, 0.3) is 0 Å². The Labute approximate surface area is 77.5 Å². The van der Waals surface area contributed by atoms with Crippen LogP contribution in [-0.4, -0.2) is 22.0 Å². The van der Waals surface area contributed by atoms with Gasteiger partial charge in [0.05, 0.1) is 0 Å². The molecule has 10 heavy (non-hydrogen) atoms. The summed E-state index contributed by atoms with van der Waals surface area (Å²) in [5, 5.41) is 0. The van der Waals surface area contributed by atoms with E-state index < -0.39 is 15.4 Å². The van der Waals surface area contributed by atoms with Crippen LogP contribution in [0.15, 0.2) is 0 Å². The van der Waals surface area contributed by atoms with Crippen molar-refractivity contribution in [1.29, 1.82) is 0 Å². The first kappa shape index (κ1) is 11.6. The summed E-state index contributed by atoms with van der Waals surface area (Å²) in [6, 6.07) is 0. The molecule has 0 aromatic rings. The molecule has 62 valence electrons. The number of hydrogen-bond acceptors (Lipinski definition) is 1. The summed E-state index contributed by atoms with van der Waals surface area (Å²) in [5.41, 5.74) is 0. The van der Waals surface area contributed by atoms with Crippen molar-refractivity contribution in [3.05, 3.63) is 0 Å². The van der Waals surface area contributed by atoms with Gasteiger partial charge in [-0.2, -0.15) is 0 Å². The van der Waals surface area contributed by atoms with Crippen LogP contribution in [0.2, 0.25) is 0 Å². The third-order valence-corrected chi connectivity index (χ3v) is 4.73. The summed E-state index contributed by atoms with van der Waals surface area (Å²) >= 11 is -3.43. The van der Waals surface area contributed by atoms with E-state index in [0.29, 0.717) is 6.61 Å². The van der Waals surface area contributed by atoms with Crippen LogP contribution in [0, 0.1) is 0 Å². The van der Waals surface area contributed by atoms with E-state index in [1.807, 2.05) is 0 Å². The summed E-state index contributed by atoms with van der Waals surface area (Å²) in [4.78, 5) is 0. The summed E-state index contributed by atoms with van der Waals surface area (Å²) in [5.74, 6) is 0. The maximum atomic E-state index is 5.53. The first-order valence-electron chi connectivity index (χ1n) is 3.27. The van der Waals surface area contributed by atoms with Crippen molar-refractivity contribution in [3.8, 4) is 0 Å². The molecule has 0 saturated heterocycles. The quantitative estimate of drug-likeness (QED) is 0.559. The van der Waals surface area contributed by atoms with Gasteiger partial charge < -0.3 is 0 Å². The van der Waals surface area contributed by atoms with E-state index in [2.05, 4.69) is 6.92 Å². The molecule has 1 nitrogen and oxygen atoms in total. The zero-order chi connectivity index (χ0) is 8.04. The van der Waals surface area contributed by atoms with Crippen LogP contribution in [0.1, 0.15) is 26.2 Å². The molecule has 0 atom stereocenters. The van der Waals surface area contributed by atoms with Gasteiger partial charge in [0.1, 0.15) is 0 Å². The Morgan fingerprint density at radius 2 is 1.80 bits per heavy atom. The maximum absolute atomic E-state index is 5.53. The molecule has 0 rings (SSSR count). The Bertz CT molecular complexity index is 83.5. The zero-order valence-corrected chi connectivity index (χ0v) is 11.0. The van der Waals surface area contributed by atoms with Gasteiger partial charge in [-0.15, -0.1) is 0 Å². The van der Waals surface area contributed by atoms with Gasteiger partial charge >= 0.3 is 78.0 Å². The van der Waals surface area contributed by atoms with Crippen LogP contribution in [0.4, 0.5) is 0 Å². The van der Waals surface area contributed by atoms with Gasteiger partial charge in [-0.05, 0) is 0 Å².